The Kier molecular flexibility index (Phi) is 7.88. The predicted octanol–water partition coefficient (Wildman–Crippen LogP) is 15.2. The van der Waals surface area contributed by atoms with Gasteiger partial charge in [0.15, 0.2) is 23.3 Å². The summed E-state index contributed by atoms with van der Waals surface area (Å²) < 4.78 is 4.57. The standard InChI is InChI=1S/C55H31N5S2/c1-3-15-32(16-4-1)49-51-50(40-23-11-12-26-44(40)62-51)57-54(56-49)41-24-13-27-45-47(41)48-42(25-14-28-46(48)61-45)55-59-52(33-17-5-2-6-18-33)58-53(60-55)34-29-30-39-37-21-8-7-19-35(37)36-20-9-10-22-38(36)43(39)31-34/h1-31H. The van der Waals surface area contributed by atoms with Gasteiger partial charge in [0.2, 0.25) is 0 Å². The van der Waals surface area contributed by atoms with Gasteiger partial charge in [-0.15, -0.1) is 22.7 Å². The lowest BCUT2D eigenvalue weighted by Gasteiger charge is -2.13. The number of benzene rings is 9. The Hall–Kier alpha value is -7.71. The molecule has 62 heavy (non-hydrogen) atoms. The molecule has 0 aliphatic carbocycles. The molecular formula is C55H31N5S2. The summed E-state index contributed by atoms with van der Waals surface area (Å²) in [6, 6.07) is 66.1. The highest BCUT2D eigenvalue weighted by atomic mass is 32.1. The zero-order valence-electron chi connectivity index (χ0n) is 33.0. The zero-order chi connectivity index (χ0) is 40.7. The third kappa shape index (κ3) is 5.49. The van der Waals surface area contributed by atoms with Gasteiger partial charge in [-0.2, -0.15) is 0 Å². The molecule has 9 aromatic carbocycles. The molecule has 0 aliphatic heterocycles. The largest absolute Gasteiger partial charge is 0.226 e. The van der Waals surface area contributed by atoms with Gasteiger partial charge in [-0.3, -0.25) is 0 Å². The van der Waals surface area contributed by atoms with Gasteiger partial charge in [-0.25, -0.2) is 24.9 Å². The van der Waals surface area contributed by atoms with Crippen molar-refractivity contribution >= 4 is 95.5 Å². The number of aromatic nitrogens is 5. The summed E-state index contributed by atoms with van der Waals surface area (Å²) in [4.78, 5) is 26.6. The highest BCUT2D eigenvalue weighted by molar-refractivity contribution is 7.26. The Morgan fingerprint density at radius 2 is 0.774 bits per heavy atom. The lowest BCUT2D eigenvalue weighted by molar-refractivity contribution is 1.08. The Balaban J connectivity index is 1.06. The molecule has 0 amide bonds. The van der Waals surface area contributed by atoms with Gasteiger partial charge in [-0.05, 0) is 56.6 Å². The first-order valence-electron chi connectivity index (χ1n) is 20.6. The summed E-state index contributed by atoms with van der Waals surface area (Å²) in [5.41, 5.74) is 6.74. The van der Waals surface area contributed by atoms with Crippen molar-refractivity contribution in [2.45, 2.75) is 0 Å². The summed E-state index contributed by atoms with van der Waals surface area (Å²) >= 11 is 3.52. The van der Waals surface area contributed by atoms with Crippen LogP contribution in [0, 0.1) is 0 Å². The highest BCUT2D eigenvalue weighted by Crippen LogP contribution is 2.46. The van der Waals surface area contributed by atoms with Crippen LogP contribution in [-0.4, -0.2) is 24.9 Å². The minimum absolute atomic E-state index is 0.614. The van der Waals surface area contributed by atoms with Gasteiger partial charge >= 0.3 is 0 Å². The SMILES string of the molecule is c1ccc(-c2nc(-c3ccc4c5ccccc5c5ccccc5c4c3)nc(-c3cccc4sc5cccc(-c6nc(-c7ccccc7)c7sc8ccccc8c7n6)c5c34)n2)cc1. The van der Waals surface area contributed by atoms with Gasteiger partial charge in [-0.1, -0.05) is 164 Å². The first kappa shape index (κ1) is 35.1. The van der Waals surface area contributed by atoms with Crippen LogP contribution in [0.2, 0.25) is 0 Å². The predicted molar refractivity (Wildman–Crippen MR) is 261 cm³/mol. The lowest BCUT2D eigenvalue weighted by Crippen LogP contribution is -2.00. The van der Waals surface area contributed by atoms with Crippen LogP contribution in [-0.2, 0) is 0 Å². The third-order valence-electron chi connectivity index (χ3n) is 11.9. The number of nitrogens with zero attached hydrogens (tertiary/aromatic N) is 5. The molecular weight excluding hydrogens is 795 g/mol. The van der Waals surface area contributed by atoms with Crippen LogP contribution >= 0.6 is 22.7 Å². The normalized spacial score (nSPS) is 11.9. The molecule has 5 nitrogen and oxygen atoms in total. The van der Waals surface area contributed by atoms with Crippen molar-refractivity contribution in [3.05, 3.63) is 188 Å². The van der Waals surface area contributed by atoms with E-state index in [-0.39, 0.29) is 0 Å². The average Bonchev–Trinajstić information content (AvgIpc) is 3.93. The van der Waals surface area contributed by atoms with E-state index in [9.17, 15) is 0 Å². The van der Waals surface area contributed by atoms with Crippen LogP contribution in [0.4, 0.5) is 0 Å². The van der Waals surface area contributed by atoms with Crippen LogP contribution in [0.15, 0.2) is 188 Å². The summed E-state index contributed by atoms with van der Waals surface area (Å²) in [7, 11) is 0. The summed E-state index contributed by atoms with van der Waals surface area (Å²) in [6.07, 6.45) is 0. The molecule has 0 fully saturated rings. The van der Waals surface area contributed by atoms with Crippen molar-refractivity contribution in [2.75, 3.05) is 0 Å². The summed E-state index contributed by atoms with van der Waals surface area (Å²) in [5, 5.41) is 10.6. The first-order valence-corrected chi connectivity index (χ1v) is 22.2. The van der Waals surface area contributed by atoms with Crippen LogP contribution in [0.25, 0.3) is 130 Å². The topological polar surface area (TPSA) is 64.5 Å². The van der Waals surface area contributed by atoms with E-state index in [1.807, 2.05) is 24.3 Å². The molecule has 288 valence electrons. The second-order valence-corrected chi connectivity index (χ2v) is 17.7. The monoisotopic (exact) mass is 825 g/mol. The molecule has 13 rings (SSSR count). The molecule has 0 N–H and O–H groups in total. The van der Waals surface area contributed by atoms with Crippen molar-refractivity contribution in [1.29, 1.82) is 0 Å². The number of thiophene rings is 2. The number of rotatable bonds is 5. The first-order chi connectivity index (χ1) is 30.7. The number of hydrogen-bond donors (Lipinski definition) is 0. The molecule has 0 saturated carbocycles. The molecule has 0 bridgehead atoms. The Morgan fingerprint density at radius 3 is 1.42 bits per heavy atom. The van der Waals surface area contributed by atoms with Crippen molar-refractivity contribution < 1.29 is 0 Å². The molecule has 13 aromatic rings. The molecule has 0 radical (unpaired) electrons. The minimum Gasteiger partial charge on any atom is -0.226 e. The van der Waals surface area contributed by atoms with Crippen LogP contribution in [0.3, 0.4) is 0 Å². The fraction of sp³-hybridized carbons (Fsp3) is 0. The average molecular weight is 826 g/mol. The third-order valence-corrected chi connectivity index (χ3v) is 14.2. The van der Waals surface area contributed by atoms with Crippen LogP contribution in [0.1, 0.15) is 0 Å². The fourth-order valence-corrected chi connectivity index (χ4v) is 11.4. The quantitative estimate of drug-likeness (QED) is 0.162. The van der Waals surface area contributed by atoms with Crippen LogP contribution < -0.4 is 0 Å². The Bertz CT molecular complexity index is 3900. The maximum atomic E-state index is 5.41. The Labute approximate surface area is 363 Å². The summed E-state index contributed by atoms with van der Waals surface area (Å²) in [5.74, 6) is 2.55. The van der Waals surface area contributed by atoms with E-state index in [0.29, 0.717) is 23.3 Å². The van der Waals surface area contributed by atoms with E-state index in [1.54, 1.807) is 22.7 Å². The zero-order valence-corrected chi connectivity index (χ0v) is 34.6. The van der Waals surface area contributed by atoms with E-state index in [0.717, 1.165) is 69.3 Å². The second kappa shape index (κ2) is 13.9. The molecule has 0 aliphatic rings. The highest BCUT2D eigenvalue weighted by Gasteiger charge is 2.22. The van der Waals surface area contributed by atoms with E-state index < -0.39 is 0 Å². The van der Waals surface area contributed by atoms with E-state index in [2.05, 4.69) is 164 Å². The van der Waals surface area contributed by atoms with Crippen molar-refractivity contribution in [3.8, 4) is 56.8 Å². The Morgan fingerprint density at radius 1 is 0.290 bits per heavy atom. The molecule has 4 heterocycles. The molecule has 7 heteroatoms. The maximum absolute atomic E-state index is 5.41. The second-order valence-electron chi connectivity index (χ2n) is 15.5. The number of hydrogen-bond acceptors (Lipinski definition) is 7. The lowest BCUT2D eigenvalue weighted by atomic mass is 9.93. The molecule has 4 aromatic heterocycles. The summed E-state index contributed by atoms with van der Waals surface area (Å²) in [6.45, 7) is 0. The molecule has 0 saturated heterocycles. The molecule has 0 spiro atoms. The van der Waals surface area contributed by atoms with Gasteiger partial charge < -0.3 is 0 Å². The van der Waals surface area contributed by atoms with Crippen molar-refractivity contribution in [1.82, 2.24) is 24.9 Å². The van der Waals surface area contributed by atoms with E-state index >= 15 is 0 Å². The van der Waals surface area contributed by atoms with Gasteiger partial charge in [0.25, 0.3) is 0 Å². The van der Waals surface area contributed by atoms with Crippen molar-refractivity contribution in [3.63, 3.8) is 0 Å². The minimum atomic E-state index is 0.614. The number of fused-ring (bicyclic) bond motifs is 12. The van der Waals surface area contributed by atoms with Gasteiger partial charge in [0.1, 0.15) is 0 Å². The molecule has 0 atom stereocenters. The molecule has 0 unspecified atom stereocenters. The van der Waals surface area contributed by atoms with Gasteiger partial charge in [0, 0.05) is 58.1 Å². The van der Waals surface area contributed by atoms with Crippen molar-refractivity contribution in [2.24, 2.45) is 0 Å². The van der Waals surface area contributed by atoms with E-state index in [1.165, 1.54) is 37.0 Å². The maximum Gasteiger partial charge on any atom is 0.164 e. The van der Waals surface area contributed by atoms with E-state index in [4.69, 9.17) is 24.9 Å². The fourth-order valence-electron chi connectivity index (χ4n) is 9.13. The van der Waals surface area contributed by atoms with Crippen LogP contribution in [0.5, 0.6) is 0 Å². The smallest absolute Gasteiger partial charge is 0.164 e. The van der Waals surface area contributed by atoms with Gasteiger partial charge in [0.05, 0.1) is 15.9 Å².